The van der Waals surface area contributed by atoms with Crippen molar-refractivity contribution < 1.29 is 18.7 Å². The fraction of sp³-hybridized carbons (Fsp3) is 0.216. The molecule has 2 N–H and O–H groups in total. The second-order valence-electron chi connectivity index (χ2n) is 10.9. The molecule has 5 rings (SSSR count). The molecule has 0 radical (unpaired) electrons. The predicted molar refractivity (Wildman–Crippen MR) is 196 cm³/mol. The van der Waals surface area contributed by atoms with Gasteiger partial charge in [0.1, 0.15) is 34.5 Å². The van der Waals surface area contributed by atoms with Crippen LogP contribution in [0.3, 0.4) is 0 Å². The molecule has 0 saturated heterocycles. The Hall–Kier alpha value is -4.01. The molecular weight excluding hydrogens is 710 g/mol. The number of hydrogen-bond donors (Lipinski definition) is 2. The van der Waals surface area contributed by atoms with Gasteiger partial charge in [0.15, 0.2) is 0 Å². The Balaban J connectivity index is 1.27. The van der Waals surface area contributed by atoms with Gasteiger partial charge in [0.25, 0.3) is 0 Å². The third-order valence-corrected chi connectivity index (χ3v) is 13.0. The Morgan fingerprint density at radius 2 is 1.28 bits per heavy atom. The fourth-order valence-corrected chi connectivity index (χ4v) is 10.2. The lowest BCUT2D eigenvalue weighted by molar-refractivity contribution is -0.120. The molecule has 46 heavy (non-hydrogen) atoms. The number of ether oxygens (including phenoxy) is 1. The SMILES string of the molecule is O=C(CI)NCCCNC(=O)Cc1cc(=O)oc2cc(OCCC[P+](c3ccccc3)(c3ccccc3)c3ccccc3)ccc12. The molecule has 4 aromatic carbocycles. The van der Waals surface area contributed by atoms with E-state index >= 15 is 0 Å². The molecule has 0 unspecified atom stereocenters. The molecule has 5 aromatic rings. The predicted octanol–water partition coefficient (Wildman–Crippen LogP) is 5.16. The smallest absolute Gasteiger partial charge is 0.336 e. The number of halogens is 1. The van der Waals surface area contributed by atoms with E-state index in [1.165, 1.54) is 22.0 Å². The zero-order valence-corrected chi connectivity index (χ0v) is 28.5. The Kier molecular flexibility index (Phi) is 12.0. The van der Waals surface area contributed by atoms with Crippen molar-refractivity contribution in [2.24, 2.45) is 0 Å². The van der Waals surface area contributed by atoms with Crippen LogP contribution in [-0.4, -0.2) is 42.1 Å². The molecule has 0 atom stereocenters. The highest BCUT2D eigenvalue weighted by Gasteiger charge is 2.44. The third kappa shape index (κ3) is 8.42. The molecular formula is C37H37IN2O5P+. The van der Waals surface area contributed by atoms with E-state index in [1.54, 1.807) is 6.07 Å². The van der Waals surface area contributed by atoms with Gasteiger partial charge in [0.2, 0.25) is 11.8 Å². The van der Waals surface area contributed by atoms with Crippen LogP contribution in [0, 0.1) is 0 Å². The summed E-state index contributed by atoms with van der Waals surface area (Å²) >= 11 is 2.00. The van der Waals surface area contributed by atoms with Crippen LogP contribution in [0.4, 0.5) is 0 Å². The van der Waals surface area contributed by atoms with E-state index in [2.05, 4.69) is 102 Å². The quantitative estimate of drug-likeness (QED) is 0.0508. The second kappa shape index (κ2) is 16.5. The van der Waals surface area contributed by atoms with Crippen molar-refractivity contribution in [1.82, 2.24) is 10.6 Å². The summed E-state index contributed by atoms with van der Waals surface area (Å²) in [4.78, 5) is 36.3. The van der Waals surface area contributed by atoms with Gasteiger partial charge in [0.05, 0.1) is 23.6 Å². The van der Waals surface area contributed by atoms with Gasteiger partial charge in [0, 0.05) is 37.0 Å². The Labute approximate surface area is 283 Å². The molecule has 0 saturated carbocycles. The second-order valence-corrected chi connectivity index (χ2v) is 15.2. The van der Waals surface area contributed by atoms with Gasteiger partial charge in [-0.1, -0.05) is 77.2 Å². The maximum Gasteiger partial charge on any atom is 0.336 e. The maximum atomic E-state index is 12.6. The van der Waals surface area contributed by atoms with Crippen LogP contribution in [0.5, 0.6) is 5.75 Å². The average Bonchev–Trinajstić information content (AvgIpc) is 3.09. The number of fused-ring (bicyclic) bond motifs is 1. The maximum absolute atomic E-state index is 12.6. The first-order valence-corrected chi connectivity index (χ1v) is 18.8. The summed E-state index contributed by atoms with van der Waals surface area (Å²) in [6, 6.07) is 39.1. The van der Waals surface area contributed by atoms with Gasteiger partial charge in [-0.2, -0.15) is 0 Å². The molecule has 2 amide bonds. The number of alkyl halides is 1. The molecule has 0 fully saturated rings. The number of carbonyl (C=O) groups excluding carboxylic acids is 2. The number of nitrogens with one attached hydrogen (secondary N) is 2. The molecule has 0 aliphatic heterocycles. The van der Waals surface area contributed by atoms with Crippen LogP contribution >= 0.6 is 29.9 Å². The highest BCUT2D eigenvalue weighted by atomic mass is 127. The van der Waals surface area contributed by atoms with Crippen molar-refractivity contribution >= 4 is 68.6 Å². The third-order valence-electron chi connectivity index (χ3n) is 7.77. The molecule has 0 aliphatic rings. The summed E-state index contributed by atoms with van der Waals surface area (Å²) < 4.78 is 12.1. The first kappa shape index (κ1) is 33.4. The standard InChI is InChI=1S/C37H36IN2O5P/c38-27-36(42)40-21-10-20-39-35(41)24-28-25-37(43)45-34-26-29(18-19-33(28)34)44-22-11-23-46(30-12-4-1-5-13-30,31-14-6-2-7-15-31)32-16-8-3-9-17-32/h1-9,12-19,25-26H,10-11,20-24,27H2,(H-,39,40,41,42)/p+1. The van der Waals surface area contributed by atoms with Gasteiger partial charge < -0.3 is 19.8 Å². The van der Waals surface area contributed by atoms with E-state index in [1.807, 2.05) is 34.7 Å². The van der Waals surface area contributed by atoms with E-state index in [9.17, 15) is 14.4 Å². The summed E-state index contributed by atoms with van der Waals surface area (Å²) in [6.45, 7) is 1.42. The minimum atomic E-state index is -1.96. The van der Waals surface area contributed by atoms with Crippen LogP contribution in [-0.2, 0) is 16.0 Å². The van der Waals surface area contributed by atoms with E-state index in [-0.39, 0.29) is 18.2 Å². The van der Waals surface area contributed by atoms with Crippen molar-refractivity contribution in [2.75, 3.05) is 30.3 Å². The van der Waals surface area contributed by atoms with Crippen LogP contribution in [0.25, 0.3) is 11.0 Å². The number of benzene rings is 4. The minimum absolute atomic E-state index is 0.0288. The molecule has 7 nitrogen and oxygen atoms in total. The Morgan fingerprint density at radius 1 is 0.717 bits per heavy atom. The largest absolute Gasteiger partial charge is 0.493 e. The molecule has 9 heteroatoms. The number of rotatable bonds is 15. The first-order valence-electron chi connectivity index (χ1n) is 15.3. The van der Waals surface area contributed by atoms with Gasteiger partial charge in [-0.05, 0) is 60.5 Å². The summed E-state index contributed by atoms with van der Waals surface area (Å²) in [6.07, 6.45) is 2.42. The lowest BCUT2D eigenvalue weighted by Crippen LogP contribution is -2.33. The monoisotopic (exact) mass is 747 g/mol. The summed E-state index contributed by atoms with van der Waals surface area (Å²) in [5, 5.41) is 10.3. The molecule has 236 valence electrons. The van der Waals surface area contributed by atoms with Crippen molar-refractivity contribution in [3.05, 3.63) is 131 Å². The first-order chi connectivity index (χ1) is 22.5. The average molecular weight is 748 g/mol. The zero-order chi connectivity index (χ0) is 32.2. The van der Waals surface area contributed by atoms with Gasteiger partial charge in [-0.15, -0.1) is 0 Å². The van der Waals surface area contributed by atoms with Crippen LogP contribution in [0.15, 0.2) is 124 Å². The zero-order valence-electron chi connectivity index (χ0n) is 25.5. The number of amides is 2. The van der Waals surface area contributed by atoms with Crippen molar-refractivity contribution in [1.29, 1.82) is 0 Å². The summed E-state index contributed by atoms with van der Waals surface area (Å²) in [5.41, 5.74) is 0.461. The fourth-order valence-electron chi connectivity index (χ4n) is 5.65. The number of hydrogen-bond acceptors (Lipinski definition) is 5. The van der Waals surface area contributed by atoms with Crippen molar-refractivity contribution in [2.45, 2.75) is 19.3 Å². The van der Waals surface area contributed by atoms with Crippen LogP contribution in [0.1, 0.15) is 18.4 Å². The highest BCUT2D eigenvalue weighted by Crippen LogP contribution is 2.55. The van der Waals surface area contributed by atoms with E-state index in [0.717, 1.165) is 12.6 Å². The summed E-state index contributed by atoms with van der Waals surface area (Å²) in [7, 11) is -1.96. The highest BCUT2D eigenvalue weighted by molar-refractivity contribution is 14.1. The molecule has 0 spiro atoms. The minimum Gasteiger partial charge on any atom is -0.493 e. The lowest BCUT2D eigenvalue weighted by atomic mass is 10.1. The number of carbonyl (C=O) groups is 2. The Bertz CT molecular complexity index is 1700. The van der Waals surface area contributed by atoms with E-state index < -0.39 is 12.9 Å². The van der Waals surface area contributed by atoms with Gasteiger partial charge >= 0.3 is 5.63 Å². The van der Waals surface area contributed by atoms with E-state index in [0.29, 0.717) is 52.8 Å². The van der Waals surface area contributed by atoms with Crippen molar-refractivity contribution in [3.63, 3.8) is 0 Å². The molecule has 0 bridgehead atoms. The normalized spacial score (nSPS) is 11.2. The molecule has 0 aliphatic carbocycles. The van der Waals surface area contributed by atoms with Crippen LogP contribution < -0.4 is 36.9 Å². The van der Waals surface area contributed by atoms with Crippen molar-refractivity contribution in [3.8, 4) is 5.75 Å². The Morgan fingerprint density at radius 3 is 1.85 bits per heavy atom. The van der Waals surface area contributed by atoms with E-state index in [4.69, 9.17) is 9.15 Å². The van der Waals surface area contributed by atoms with Crippen LogP contribution in [0.2, 0.25) is 0 Å². The summed E-state index contributed by atoms with van der Waals surface area (Å²) in [5.74, 6) is 0.377. The molecule has 1 aromatic heterocycles. The van der Waals surface area contributed by atoms with Gasteiger partial charge in [-0.3, -0.25) is 9.59 Å². The topological polar surface area (TPSA) is 97.6 Å². The van der Waals surface area contributed by atoms with Gasteiger partial charge in [-0.25, -0.2) is 4.79 Å². The molecule has 1 heterocycles. The lowest BCUT2D eigenvalue weighted by Gasteiger charge is -2.27.